The minimum absolute atomic E-state index is 0.138. The van der Waals surface area contributed by atoms with Crippen LogP contribution in [0.3, 0.4) is 0 Å². The predicted molar refractivity (Wildman–Crippen MR) is 150 cm³/mol. The summed E-state index contributed by atoms with van der Waals surface area (Å²) in [6.45, 7) is 5.07. The average molecular weight is 766 g/mol. The predicted octanol–water partition coefficient (Wildman–Crippen LogP) is 4.51. The number of benzene rings is 2. The lowest BCUT2D eigenvalue weighted by molar-refractivity contribution is -0.149. The summed E-state index contributed by atoms with van der Waals surface area (Å²) in [4.78, 5) is 39.0. The number of fused-ring (bicyclic) bond motifs is 1. The van der Waals surface area contributed by atoms with Gasteiger partial charge in [-0.05, 0) is 106 Å². The minimum Gasteiger partial charge on any atom is -0.458 e. The minimum atomic E-state index is -4.48. The molecule has 3 aliphatic rings. The molecular weight excluding hydrogens is 742 g/mol. The summed E-state index contributed by atoms with van der Waals surface area (Å²) < 4.78 is 52.4. The maximum Gasteiger partial charge on any atom is 0.338 e. The van der Waals surface area contributed by atoms with Crippen molar-refractivity contribution in [1.29, 1.82) is 0 Å². The van der Waals surface area contributed by atoms with Gasteiger partial charge in [0.25, 0.3) is 10.1 Å². The van der Waals surface area contributed by atoms with Crippen molar-refractivity contribution in [2.24, 2.45) is 23.7 Å². The molecule has 0 spiro atoms. The largest absolute Gasteiger partial charge is 0.458 e. The van der Waals surface area contributed by atoms with Crippen molar-refractivity contribution in [3.05, 3.63) is 54.2 Å². The van der Waals surface area contributed by atoms with Crippen LogP contribution in [0, 0.1) is 37.7 Å². The molecule has 6 atom stereocenters. The van der Waals surface area contributed by atoms with E-state index in [1.54, 1.807) is 32.9 Å². The monoisotopic (exact) mass is 766 g/mol. The maximum atomic E-state index is 13.5. The highest BCUT2D eigenvalue weighted by Gasteiger charge is 2.70. The number of hydrogen-bond acceptors (Lipinski definition) is 8. The zero-order chi connectivity index (χ0) is 27.7. The molecule has 5 rings (SSSR count). The second kappa shape index (κ2) is 10.0. The molecule has 38 heavy (non-hydrogen) atoms. The van der Waals surface area contributed by atoms with Gasteiger partial charge in [0.2, 0.25) is 0 Å². The van der Waals surface area contributed by atoms with Crippen LogP contribution in [0.2, 0.25) is 0 Å². The second-order valence-corrected chi connectivity index (χ2v) is 13.9. The third-order valence-corrected chi connectivity index (χ3v) is 11.4. The van der Waals surface area contributed by atoms with E-state index in [1.807, 2.05) is 6.07 Å². The molecule has 0 aromatic heterocycles. The molecule has 12 heteroatoms. The standard InChI is InChI=1S/C26H24I2O9S/c1-10(2)13-9-18(11(3)6-19(13)38(32,33)34)35-25(30)20-14-8-15-21(20)26(31)37-23(15)22(14)36-24(29)12-4-5-16(27)17(28)7-12/h4-7,9-10,14-15,20-23H,8H2,1-3H3,(H,32,33,34). The first-order chi connectivity index (χ1) is 17.8. The van der Waals surface area contributed by atoms with E-state index in [4.69, 9.17) is 14.2 Å². The van der Waals surface area contributed by atoms with Gasteiger partial charge in [-0.1, -0.05) is 13.8 Å². The van der Waals surface area contributed by atoms with Gasteiger partial charge in [-0.15, -0.1) is 0 Å². The third kappa shape index (κ3) is 4.74. The maximum absolute atomic E-state index is 13.5. The van der Waals surface area contributed by atoms with Crippen LogP contribution >= 0.6 is 45.2 Å². The quantitative estimate of drug-likeness (QED) is 0.195. The number of ether oxygens (including phenoxy) is 3. The Morgan fingerprint density at radius 1 is 1.11 bits per heavy atom. The Balaban J connectivity index is 1.41. The summed E-state index contributed by atoms with van der Waals surface area (Å²) >= 11 is 4.30. The molecule has 3 fully saturated rings. The molecule has 2 aromatic carbocycles. The lowest BCUT2D eigenvalue weighted by Gasteiger charge is -2.30. The average Bonchev–Trinajstić information content (AvgIpc) is 3.45. The molecule has 2 aliphatic carbocycles. The smallest absolute Gasteiger partial charge is 0.338 e. The lowest BCUT2D eigenvalue weighted by Crippen LogP contribution is -2.44. The van der Waals surface area contributed by atoms with Gasteiger partial charge < -0.3 is 14.2 Å². The van der Waals surface area contributed by atoms with Crippen molar-refractivity contribution >= 4 is 73.2 Å². The van der Waals surface area contributed by atoms with Gasteiger partial charge in [-0.25, -0.2) is 4.79 Å². The van der Waals surface area contributed by atoms with E-state index in [0.29, 0.717) is 23.1 Å². The first-order valence-electron chi connectivity index (χ1n) is 12.0. The molecule has 0 radical (unpaired) electrons. The van der Waals surface area contributed by atoms with E-state index in [2.05, 4.69) is 45.2 Å². The number of rotatable bonds is 6. The summed E-state index contributed by atoms with van der Waals surface area (Å²) in [7, 11) is -4.48. The molecule has 2 saturated carbocycles. The zero-order valence-electron chi connectivity index (χ0n) is 20.5. The molecule has 2 aromatic rings. The van der Waals surface area contributed by atoms with Gasteiger partial charge in [-0.2, -0.15) is 8.42 Å². The van der Waals surface area contributed by atoms with Crippen molar-refractivity contribution in [2.75, 3.05) is 0 Å². The van der Waals surface area contributed by atoms with E-state index in [0.717, 1.165) is 7.14 Å². The fraction of sp³-hybridized carbons (Fsp3) is 0.423. The molecule has 1 aliphatic heterocycles. The highest BCUT2D eigenvalue weighted by molar-refractivity contribution is 14.1. The molecule has 1 N–H and O–H groups in total. The van der Waals surface area contributed by atoms with Crippen LogP contribution in [0.4, 0.5) is 0 Å². The molecule has 0 amide bonds. The summed E-state index contributed by atoms with van der Waals surface area (Å²) in [6, 6.07) is 7.89. The summed E-state index contributed by atoms with van der Waals surface area (Å²) in [5.41, 5.74) is 1.00. The van der Waals surface area contributed by atoms with Crippen molar-refractivity contribution in [2.45, 2.75) is 50.2 Å². The zero-order valence-corrected chi connectivity index (χ0v) is 25.6. The van der Waals surface area contributed by atoms with Gasteiger partial charge in [-0.3, -0.25) is 14.1 Å². The molecule has 9 nitrogen and oxygen atoms in total. The first kappa shape index (κ1) is 27.8. The molecular formula is C26H24I2O9S. The van der Waals surface area contributed by atoms with E-state index < -0.39 is 58.0 Å². The fourth-order valence-electron chi connectivity index (χ4n) is 5.92. The van der Waals surface area contributed by atoms with Crippen LogP contribution in [0.25, 0.3) is 0 Å². The van der Waals surface area contributed by atoms with Crippen LogP contribution < -0.4 is 4.74 Å². The number of carbonyl (C=O) groups excluding carboxylic acids is 3. The molecule has 6 unspecified atom stereocenters. The van der Waals surface area contributed by atoms with Crippen molar-refractivity contribution in [1.82, 2.24) is 0 Å². The van der Waals surface area contributed by atoms with Gasteiger partial charge in [0.15, 0.2) is 0 Å². The highest BCUT2D eigenvalue weighted by Crippen LogP contribution is 2.59. The number of esters is 3. The normalized spacial score (nSPS) is 27.5. The SMILES string of the molecule is Cc1cc(S(=O)(=O)O)c(C(C)C)cc1OC(=O)C1C2CC3C(OC(=O)C31)C2OC(=O)c1ccc(I)c(I)c1. The summed E-state index contributed by atoms with van der Waals surface area (Å²) in [5.74, 6) is -4.14. The Labute approximate surface area is 247 Å². The molecule has 1 saturated heterocycles. The second-order valence-electron chi connectivity index (χ2n) is 10.2. The van der Waals surface area contributed by atoms with E-state index in [-0.39, 0.29) is 22.5 Å². The Kier molecular flexibility index (Phi) is 7.31. The Morgan fingerprint density at radius 3 is 2.45 bits per heavy atom. The van der Waals surface area contributed by atoms with Crippen molar-refractivity contribution < 1.29 is 41.6 Å². The van der Waals surface area contributed by atoms with Crippen molar-refractivity contribution in [3.8, 4) is 5.75 Å². The Bertz CT molecular complexity index is 1470. The first-order valence-corrected chi connectivity index (χ1v) is 15.6. The Morgan fingerprint density at radius 2 is 1.82 bits per heavy atom. The molecule has 202 valence electrons. The number of carbonyl (C=O) groups is 3. The van der Waals surface area contributed by atoms with E-state index in [1.165, 1.54) is 12.1 Å². The number of halogens is 2. The van der Waals surface area contributed by atoms with Gasteiger partial charge >= 0.3 is 17.9 Å². The van der Waals surface area contributed by atoms with E-state index >= 15 is 0 Å². The fourth-order valence-corrected chi connectivity index (χ4v) is 7.69. The topological polar surface area (TPSA) is 133 Å². The van der Waals surface area contributed by atoms with E-state index in [9.17, 15) is 27.4 Å². The van der Waals surface area contributed by atoms with Crippen molar-refractivity contribution in [3.63, 3.8) is 0 Å². The highest BCUT2D eigenvalue weighted by atomic mass is 127. The van der Waals surface area contributed by atoms with Crippen LogP contribution in [-0.4, -0.2) is 43.1 Å². The number of hydrogen-bond donors (Lipinski definition) is 1. The van der Waals surface area contributed by atoms with Crippen LogP contribution in [0.5, 0.6) is 5.75 Å². The Hall–Kier alpha value is -1.78. The van der Waals surface area contributed by atoms with Gasteiger partial charge in [0.05, 0.1) is 22.3 Å². The van der Waals surface area contributed by atoms with Crippen LogP contribution in [0.15, 0.2) is 35.2 Å². The van der Waals surface area contributed by atoms with Gasteiger partial charge in [0.1, 0.15) is 18.0 Å². The lowest BCUT2D eigenvalue weighted by atomic mass is 9.78. The summed E-state index contributed by atoms with van der Waals surface area (Å²) in [6.07, 6.45) is -0.892. The van der Waals surface area contributed by atoms with Crippen LogP contribution in [-0.2, 0) is 29.2 Å². The van der Waals surface area contributed by atoms with Crippen LogP contribution in [0.1, 0.15) is 47.7 Å². The number of aryl methyl sites for hydroxylation is 1. The third-order valence-electron chi connectivity index (χ3n) is 7.63. The molecule has 2 bridgehead atoms. The summed E-state index contributed by atoms with van der Waals surface area (Å²) in [5, 5.41) is 0. The van der Waals surface area contributed by atoms with Gasteiger partial charge in [0, 0.05) is 19.0 Å². The molecule has 1 heterocycles.